The maximum atomic E-state index is 10.0. The van der Waals surface area contributed by atoms with Crippen LogP contribution in [0.15, 0.2) is 0 Å². The molecule has 0 saturated carbocycles. The summed E-state index contributed by atoms with van der Waals surface area (Å²) in [4.78, 5) is 1.90. The summed E-state index contributed by atoms with van der Waals surface area (Å²) in [7, 11) is 0. The summed E-state index contributed by atoms with van der Waals surface area (Å²) in [5.41, 5.74) is -0.760. The predicted molar refractivity (Wildman–Crippen MR) is 53.9 cm³/mol. The number of hydrogen-bond donors (Lipinski definition) is 3. The van der Waals surface area contributed by atoms with Crippen molar-refractivity contribution in [1.29, 1.82) is 0 Å². The van der Waals surface area contributed by atoms with E-state index in [1.807, 2.05) is 18.7 Å². The Morgan fingerprint density at radius 2 is 1.71 bits per heavy atom. The minimum Gasteiger partial charge on any atom is -0.389 e. The van der Waals surface area contributed by atoms with Crippen LogP contribution in [0.1, 0.15) is 20.8 Å². The summed E-state index contributed by atoms with van der Waals surface area (Å²) in [5.74, 6) is 0.164. The normalized spacial score (nSPS) is 33.6. The van der Waals surface area contributed by atoms with Gasteiger partial charge in [0.05, 0.1) is 17.8 Å². The van der Waals surface area contributed by atoms with Crippen LogP contribution in [0.4, 0.5) is 0 Å². The molecule has 0 bridgehead atoms. The number of rotatable bonds is 3. The van der Waals surface area contributed by atoms with Crippen molar-refractivity contribution >= 4 is 0 Å². The van der Waals surface area contributed by atoms with E-state index in [1.165, 1.54) is 0 Å². The van der Waals surface area contributed by atoms with Crippen molar-refractivity contribution in [3.8, 4) is 0 Å². The molecule has 0 aromatic carbocycles. The van der Waals surface area contributed by atoms with Gasteiger partial charge in [-0.25, -0.2) is 0 Å². The van der Waals surface area contributed by atoms with Crippen LogP contribution in [0.25, 0.3) is 0 Å². The molecule has 0 radical (unpaired) electrons. The van der Waals surface area contributed by atoms with Crippen molar-refractivity contribution in [2.24, 2.45) is 5.92 Å². The Bertz CT molecular complexity index is 184. The fourth-order valence-electron chi connectivity index (χ4n) is 1.61. The lowest BCUT2D eigenvalue weighted by Gasteiger charge is -2.32. The highest BCUT2D eigenvalue weighted by Crippen LogP contribution is 2.20. The van der Waals surface area contributed by atoms with Gasteiger partial charge in [-0.05, 0) is 12.8 Å². The van der Waals surface area contributed by atoms with Gasteiger partial charge in [-0.2, -0.15) is 0 Å². The number of hydrogen-bond acceptors (Lipinski definition) is 4. The van der Waals surface area contributed by atoms with Crippen molar-refractivity contribution in [1.82, 2.24) is 4.90 Å². The lowest BCUT2D eigenvalue weighted by molar-refractivity contribution is -0.0162. The van der Waals surface area contributed by atoms with Gasteiger partial charge in [0, 0.05) is 19.6 Å². The lowest BCUT2D eigenvalue weighted by atomic mass is 9.92. The third-order valence-corrected chi connectivity index (χ3v) is 3.12. The largest absolute Gasteiger partial charge is 0.389 e. The van der Waals surface area contributed by atoms with Gasteiger partial charge in [0.1, 0.15) is 0 Å². The first-order valence-corrected chi connectivity index (χ1v) is 5.14. The molecule has 0 aromatic rings. The Labute approximate surface area is 85.2 Å². The quantitative estimate of drug-likeness (QED) is 0.575. The van der Waals surface area contributed by atoms with Crippen molar-refractivity contribution in [3.63, 3.8) is 0 Å². The molecule has 4 heteroatoms. The van der Waals surface area contributed by atoms with Crippen molar-refractivity contribution in [2.45, 2.75) is 38.6 Å². The molecule has 0 aliphatic carbocycles. The first-order chi connectivity index (χ1) is 6.33. The topological polar surface area (TPSA) is 63.9 Å². The highest BCUT2D eigenvalue weighted by Gasteiger charge is 2.35. The fraction of sp³-hybridized carbons (Fsp3) is 1.00. The van der Waals surface area contributed by atoms with E-state index in [-0.39, 0.29) is 5.92 Å². The zero-order chi connectivity index (χ0) is 10.9. The summed E-state index contributed by atoms with van der Waals surface area (Å²) in [6, 6.07) is 0. The maximum absolute atomic E-state index is 10.0. The second kappa shape index (κ2) is 4.14. The smallest absolute Gasteiger partial charge is 0.0938 e. The van der Waals surface area contributed by atoms with Gasteiger partial charge in [0.15, 0.2) is 0 Å². The van der Waals surface area contributed by atoms with E-state index < -0.39 is 17.8 Å². The van der Waals surface area contributed by atoms with Crippen molar-refractivity contribution < 1.29 is 15.3 Å². The van der Waals surface area contributed by atoms with E-state index in [9.17, 15) is 15.3 Å². The van der Waals surface area contributed by atoms with Crippen LogP contribution in [0.5, 0.6) is 0 Å². The zero-order valence-corrected chi connectivity index (χ0v) is 9.14. The third-order valence-electron chi connectivity index (χ3n) is 3.12. The average molecular weight is 203 g/mol. The predicted octanol–water partition coefficient (Wildman–Crippen LogP) is -0.569. The number of likely N-dealkylation sites (tertiary alicyclic amines) is 1. The molecule has 1 rings (SSSR count). The van der Waals surface area contributed by atoms with Gasteiger partial charge in [0.2, 0.25) is 0 Å². The Balaban J connectivity index is 2.46. The summed E-state index contributed by atoms with van der Waals surface area (Å²) in [6.45, 7) is 7.10. The number of nitrogens with zero attached hydrogens (tertiary/aromatic N) is 1. The first kappa shape index (κ1) is 11.9. The summed E-state index contributed by atoms with van der Waals surface area (Å²) < 4.78 is 0. The van der Waals surface area contributed by atoms with Crippen LogP contribution in [0, 0.1) is 5.92 Å². The van der Waals surface area contributed by atoms with Crippen molar-refractivity contribution in [2.75, 3.05) is 19.6 Å². The van der Waals surface area contributed by atoms with Crippen molar-refractivity contribution in [3.05, 3.63) is 0 Å². The zero-order valence-electron chi connectivity index (χ0n) is 9.14. The molecule has 1 fully saturated rings. The number of aliphatic hydroxyl groups excluding tert-OH is 2. The number of aliphatic hydroxyl groups is 3. The molecular weight excluding hydrogens is 182 g/mol. The monoisotopic (exact) mass is 203 g/mol. The fourth-order valence-corrected chi connectivity index (χ4v) is 1.61. The molecular formula is C10H21NO3. The van der Waals surface area contributed by atoms with E-state index >= 15 is 0 Å². The van der Waals surface area contributed by atoms with E-state index in [4.69, 9.17) is 0 Å². The first-order valence-electron chi connectivity index (χ1n) is 5.14. The minimum atomic E-state index is -0.760. The van der Waals surface area contributed by atoms with E-state index in [0.717, 1.165) is 0 Å². The van der Waals surface area contributed by atoms with Gasteiger partial charge in [0.25, 0.3) is 0 Å². The number of β-amino-alcohol motifs (C(OH)–C–C–N with tert-alkyl or cyclic N) is 3. The minimum absolute atomic E-state index is 0.164. The van der Waals surface area contributed by atoms with Gasteiger partial charge >= 0.3 is 0 Å². The third kappa shape index (κ3) is 2.67. The Morgan fingerprint density at radius 1 is 1.29 bits per heavy atom. The Morgan fingerprint density at radius 3 is 2.07 bits per heavy atom. The van der Waals surface area contributed by atoms with Crippen LogP contribution in [0.2, 0.25) is 0 Å². The summed E-state index contributed by atoms with van der Waals surface area (Å²) >= 11 is 0. The molecule has 3 atom stereocenters. The molecule has 1 aliphatic heterocycles. The highest BCUT2D eigenvalue weighted by molar-refractivity contribution is 4.88. The molecule has 0 aromatic heterocycles. The Hall–Kier alpha value is -0.160. The molecule has 4 nitrogen and oxygen atoms in total. The van der Waals surface area contributed by atoms with Crippen LogP contribution in [-0.4, -0.2) is 57.7 Å². The van der Waals surface area contributed by atoms with Crippen LogP contribution in [-0.2, 0) is 0 Å². The van der Waals surface area contributed by atoms with Crippen LogP contribution < -0.4 is 0 Å². The molecule has 0 spiro atoms. The summed E-state index contributed by atoms with van der Waals surface area (Å²) in [5, 5.41) is 28.7. The van der Waals surface area contributed by atoms with Crippen LogP contribution in [0.3, 0.4) is 0 Å². The van der Waals surface area contributed by atoms with Gasteiger partial charge < -0.3 is 15.3 Å². The molecule has 0 amide bonds. The van der Waals surface area contributed by atoms with Gasteiger partial charge in [-0.15, -0.1) is 0 Å². The SMILES string of the molecule is CC(C)C(C)(O)CN1C[C@@H](O)[C@@H](O)C1. The molecule has 84 valence electrons. The van der Waals surface area contributed by atoms with Gasteiger partial charge in [-0.3, -0.25) is 4.90 Å². The summed E-state index contributed by atoms with van der Waals surface area (Å²) in [6.07, 6.45) is -1.34. The molecule has 1 heterocycles. The van der Waals surface area contributed by atoms with E-state index in [2.05, 4.69) is 0 Å². The van der Waals surface area contributed by atoms with E-state index in [0.29, 0.717) is 19.6 Å². The van der Waals surface area contributed by atoms with Crippen LogP contribution >= 0.6 is 0 Å². The second-order valence-corrected chi connectivity index (χ2v) is 4.84. The molecule has 1 aliphatic rings. The Kier molecular flexibility index (Phi) is 3.53. The average Bonchev–Trinajstić information content (AvgIpc) is 2.29. The molecule has 3 N–H and O–H groups in total. The maximum Gasteiger partial charge on any atom is 0.0938 e. The highest BCUT2D eigenvalue weighted by atomic mass is 16.3. The second-order valence-electron chi connectivity index (χ2n) is 4.84. The lowest BCUT2D eigenvalue weighted by Crippen LogP contribution is -2.44. The molecule has 1 unspecified atom stereocenters. The molecule has 14 heavy (non-hydrogen) atoms. The van der Waals surface area contributed by atoms with E-state index in [1.54, 1.807) is 6.92 Å². The standard InChI is InChI=1S/C10H21NO3/c1-7(2)10(3,14)6-11-4-8(12)9(13)5-11/h7-9,12-14H,4-6H2,1-3H3/t8-,9+,10?. The van der Waals surface area contributed by atoms with Gasteiger partial charge in [-0.1, -0.05) is 13.8 Å². The molecule has 1 saturated heterocycles.